The maximum Gasteiger partial charge on any atom is 0.542 e. The van der Waals surface area contributed by atoms with Crippen LogP contribution in [0.2, 0.25) is 0 Å². The monoisotopic (exact) mass is 1640 g/mol. The maximum absolute atomic E-state index is 2.57. The number of nitrogens with zero attached hydrogens (tertiary/aromatic N) is 12. The average Bonchev–Trinajstić information content (AvgIpc) is 1.42. The van der Waals surface area contributed by atoms with Crippen molar-refractivity contribution < 1.29 is 17.9 Å². The molecule has 0 bridgehead atoms. The van der Waals surface area contributed by atoms with E-state index in [1.54, 1.807) is 16.6 Å². The van der Waals surface area contributed by atoms with Crippen molar-refractivity contribution in [2.75, 3.05) is 33.3 Å². The lowest BCUT2D eigenvalue weighted by Crippen LogP contribution is -2.71. The van der Waals surface area contributed by atoms with E-state index in [9.17, 15) is 0 Å². The molecule has 0 N–H and O–H groups in total. The normalized spacial score (nSPS) is 14.7. The fourth-order valence-corrected chi connectivity index (χ4v) is 22.3. The molecule has 124 heavy (non-hydrogen) atoms. The predicted molar refractivity (Wildman–Crippen MR) is 523 cm³/mol. The average molecular weight is 1640 g/mol. The second-order valence-electron chi connectivity index (χ2n) is 37.7. The molecule has 2 saturated carbocycles. The molecule has 2 aliphatic carbocycles. The molecule has 0 saturated heterocycles. The lowest BCUT2D eigenvalue weighted by molar-refractivity contribution is -0.524. The Morgan fingerprint density at radius 2 is 0.532 bits per heavy atom. The molecule has 6 aliphatic rings. The number of hydrogen-bond donors (Lipinski definition) is 0. The van der Waals surface area contributed by atoms with Crippen LogP contribution in [-0.4, -0.2) is 60.3 Å². The van der Waals surface area contributed by atoms with Crippen LogP contribution in [-0.2, 0) is 28.2 Å². The highest BCUT2D eigenvalue weighted by molar-refractivity contribution is 6.74. The van der Waals surface area contributed by atoms with Crippen LogP contribution in [0.15, 0.2) is 256 Å². The summed E-state index contributed by atoms with van der Waals surface area (Å²) in [6.45, 7) is 32.3. The molecule has 0 unspecified atom stereocenters. The van der Waals surface area contributed by atoms with Crippen molar-refractivity contribution in [3.63, 3.8) is 0 Å². The van der Waals surface area contributed by atoms with Gasteiger partial charge in [0.1, 0.15) is 49.6 Å². The van der Waals surface area contributed by atoms with E-state index in [0.717, 1.165) is 0 Å². The number of para-hydroxylation sites is 2. The largest absolute Gasteiger partial charge is 0.542 e. The first-order valence-corrected chi connectivity index (χ1v) is 46.2. The van der Waals surface area contributed by atoms with Crippen LogP contribution in [0, 0.1) is 41.5 Å². The number of aryl methyl sites for hydroxylation is 10. The molecule has 2 fully saturated rings. The minimum atomic E-state index is 0.0360. The highest BCUT2D eigenvalue weighted by Crippen LogP contribution is 2.46. The number of rotatable bonds is 12. The summed E-state index contributed by atoms with van der Waals surface area (Å²) in [7, 11) is 13.2. The van der Waals surface area contributed by atoms with Crippen molar-refractivity contribution in [2.24, 2.45) is 28.2 Å². The molecule has 10 aromatic carbocycles. The summed E-state index contributed by atoms with van der Waals surface area (Å²) in [4.78, 5) is 10.1. The molecular weight excluding hydrogens is 1510 g/mol. The number of benzene rings is 10. The van der Waals surface area contributed by atoms with Crippen molar-refractivity contribution in [2.45, 2.75) is 197 Å². The Hall–Kier alpha value is -11.5. The molecular formula is C108H128B4N12+4. The van der Waals surface area contributed by atoms with E-state index in [0.29, 0.717) is 35.5 Å². The Bertz CT molecular complexity index is 6120. The molecule has 4 aromatic heterocycles. The smallest absolute Gasteiger partial charge is 0.372 e. The van der Waals surface area contributed by atoms with Gasteiger partial charge in [0.25, 0.3) is 23.3 Å². The van der Waals surface area contributed by atoms with Gasteiger partial charge in [-0.3, -0.25) is 17.9 Å². The Balaban J connectivity index is 0.000000117. The standard InChI is InChI=1S/C30H39BN3.C29H33BN3.C25H25BN3.C24H31BN3/c1-22-12-10-19-27-28(22)30-32(2)20-21-34(30)31(33(27)3)29-25(23-13-6-4-7-14-23)17-11-18-26(29)24-15-8-5-9-16-24;1-20(2)24-15-11-16-25(21(3)4)28(24)30-32-19-18-31(6)29(32)27-22(5)12-10-17-26(27)33(30)23-13-8-7-9-14-23;1-18-10-9-15-22-23(18)25-27(4)16-17-28(25)26(24-19(2)11-8-12-20(24)3)29(22)21-13-6-5-7-14-21;1-16(2)19-11-9-12-20(17(3)4)23(19)25-27(7)21-13-8-10-18(5)22(21)24-26(6)14-15-28(24)25/h10-12,17-21,23-24H,4-9,13-16H2,1-3H3;7-21H,1-6H3;5-17H,1-4H3;8-17H,1-7H3/q4*+1. The van der Waals surface area contributed by atoms with Gasteiger partial charge in [-0.05, 0) is 232 Å². The van der Waals surface area contributed by atoms with Crippen LogP contribution in [0.4, 0.5) is 34.1 Å². The summed E-state index contributed by atoms with van der Waals surface area (Å²) >= 11 is 0. The fourth-order valence-electron chi connectivity index (χ4n) is 22.3. The molecule has 8 heterocycles. The highest BCUT2D eigenvalue weighted by atomic mass is 15.3. The van der Waals surface area contributed by atoms with Crippen molar-refractivity contribution in [3.05, 3.63) is 323 Å². The molecule has 14 aromatic rings. The molecule has 0 radical (unpaired) electrons. The van der Waals surface area contributed by atoms with Gasteiger partial charge >= 0.3 is 27.9 Å². The van der Waals surface area contributed by atoms with Gasteiger partial charge in [-0.2, -0.15) is 0 Å². The van der Waals surface area contributed by atoms with E-state index in [4.69, 9.17) is 0 Å². The van der Waals surface area contributed by atoms with Crippen LogP contribution >= 0.6 is 0 Å². The molecule has 0 spiro atoms. The molecule has 12 nitrogen and oxygen atoms in total. The van der Waals surface area contributed by atoms with Crippen LogP contribution in [0.3, 0.4) is 0 Å². The quantitative estimate of drug-likeness (QED) is 0.114. The zero-order valence-corrected chi connectivity index (χ0v) is 77.5. The number of hydrogen-bond acceptors (Lipinski definition) is 4. The molecule has 4 aliphatic heterocycles. The topological polar surface area (TPSA) is 48.2 Å². The van der Waals surface area contributed by atoms with Gasteiger partial charge in [0.2, 0.25) is 0 Å². The molecule has 0 amide bonds. The van der Waals surface area contributed by atoms with E-state index in [1.165, 1.54) is 216 Å². The second kappa shape index (κ2) is 35.3. The number of anilines is 6. The summed E-state index contributed by atoms with van der Waals surface area (Å²) in [6, 6.07) is 76.1. The first-order valence-electron chi connectivity index (χ1n) is 46.2. The van der Waals surface area contributed by atoms with Gasteiger partial charge in [-0.15, -0.1) is 0 Å². The predicted octanol–water partition coefficient (Wildman–Crippen LogP) is 20.5. The van der Waals surface area contributed by atoms with Crippen molar-refractivity contribution in [1.29, 1.82) is 0 Å². The van der Waals surface area contributed by atoms with Crippen LogP contribution in [0.25, 0.3) is 45.6 Å². The van der Waals surface area contributed by atoms with Gasteiger partial charge in [0.05, 0.1) is 50.4 Å². The van der Waals surface area contributed by atoms with Crippen LogP contribution < -0.4 is 59.0 Å². The summed E-state index contributed by atoms with van der Waals surface area (Å²) in [5.74, 6) is 8.36. The number of imidazole rings is 4. The summed E-state index contributed by atoms with van der Waals surface area (Å²) in [6.07, 6.45) is 31.6. The second-order valence-corrected chi connectivity index (χ2v) is 37.7. The van der Waals surface area contributed by atoms with Crippen LogP contribution in [0.1, 0.15) is 222 Å². The molecule has 0 atom stereocenters. The summed E-state index contributed by atoms with van der Waals surface area (Å²) in [5, 5.41) is 0. The summed E-state index contributed by atoms with van der Waals surface area (Å²) in [5.41, 5.74) is 35.7. The van der Waals surface area contributed by atoms with E-state index in [2.05, 4.69) is 450 Å². The van der Waals surface area contributed by atoms with Crippen molar-refractivity contribution >= 4 is 83.9 Å². The van der Waals surface area contributed by atoms with Crippen LogP contribution in [0.5, 0.6) is 0 Å². The maximum atomic E-state index is 2.57. The third-order valence-corrected chi connectivity index (χ3v) is 28.3. The zero-order valence-electron chi connectivity index (χ0n) is 77.5. The Kier molecular flexibility index (Phi) is 24.1. The van der Waals surface area contributed by atoms with Crippen molar-refractivity contribution in [3.8, 4) is 45.6 Å². The van der Waals surface area contributed by atoms with E-state index >= 15 is 0 Å². The molecule has 628 valence electrons. The Morgan fingerprint density at radius 3 is 0.871 bits per heavy atom. The van der Waals surface area contributed by atoms with Gasteiger partial charge in [-0.25, -0.2) is 18.3 Å². The Labute approximate surface area is 741 Å². The minimum Gasteiger partial charge on any atom is -0.372 e. The fraction of sp³-hybridized carbons (Fsp3) is 0.333. The van der Waals surface area contributed by atoms with E-state index in [-0.39, 0.29) is 27.9 Å². The first-order chi connectivity index (χ1) is 59.9. The highest BCUT2D eigenvalue weighted by Gasteiger charge is 2.52. The Morgan fingerprint density at radius 1 is 0.266 bits per heavy atom. The van der Waals surface area contributed by atoms with Crippen molar-refractivity contribution in [1.82, 2.24) is 18.3 Å². The molecule has 16 heteroatoms. The summed E-state index contributed by atoms with van der Waals surface area (Å²) < 4.78 is 19.1. The van der Waals surface area contributed by atoms with Gasteiger partial charge in [-0.1, -0.05) is 252 Å². The van der Waals surface area contributed by atoms with E-state index < -0.39 is 0 Å². The number of fused-ring (bicyclic) bond motifs is 12. The van der Waals surface area contributed by atoms with Gasteiger partial charge in [0, 0.05) is 56.0 Å². The first kappa shape index (κ1) is 84.7. The molecule has 20 rings (SSSR count). The lowest BCUT2D eigenvalue weighted by atomic mass is 9.56. The minimum absolute atomic E-state index is 0.0360. The number of aromatic nitrogens is 8. The van der Waals surface area contributed by atoms with E-state index in [1.807, 2.05) is 0 Å². The lowest BCUT2D eigenvalue weighted by Gasteiger charge is -2.36. The van der Waals surface area contributed by atoms with Gasteiger partial charge in [0.15, 0.2) is 0 Å². The van der Waals surface area contributed by atoms with Gasteiger partial charge < -0.3 is 19.2 Å². The third kappa shape index (κ3) is 15.1. The SMILES string of the molecule is Cc1cccc(C)c1B1N(c2ccccc2)c2cccc(C)c2-c2n(C)cc[n+]21.Cc1cccc2c1-c1n(C)cc[n+]1B(c1c(C(C)C)cccc1C(C)C)N2C.Cc1cccc2c1-c1n(C)cc[n+]1B(c1c(C(C)C)cccc1C(C)C)N2c1ccccc1.Cc1cccc2c1-c1n(C)cc[n+]1B(c1c(C3CCCCC3)cccc1C1CCCCC1)N2C. The third-order valence-electron chi connectivity index (χ3n) is 28.3. The zero-order chi connectivity index (χ0) is 86.8.